The van der Waals surface area contributed by atoms with Gasteiger partial charge in [0, 0.05) is 13.1 Å². The molecule has 0 aromatic heterocycles. The summed E-state index contributed by atoms with van der Waals surface area (Å²) >= 11 is 0. The molecule has 2 atom stereocenters. The number of methoxy groups -OCH3 is 1. The normalized spacial score (nSPS) is 21.1. The minimum absolute atomic E-state index is 0.0640. The Morgan fingerprint density at radius 2 is 1.97 bits per heavy atom. The molecular formula is C23H33NO5. The lowest BCUT2D eigenvalue weighted by Crippen LogP contribution is -2.45. The van der Waals surface area contributed by atoms with E-state index in [1.165, 1.54) is 18.4 Å². The van der Waals surface area contributed by atoms with E-state index in [-0.39, 0.29) is 18.5 Å². The predicted molar refractivity (Wildman–Crippen MR) is 109 cm³/mol. The maximum atomic E-state index is 13.2. The first-order valence-electron chi connectivity index (χ1n) is 10.8. The predicted octanol–water partition coefficient (Wildman–Crippen LogP) is 3.57. The highest BCUT2D eigenvalue weighted by molar-refractivity contribution is 5.80. The molecule has 0 radical (unpaired) electrons. The van der Waals surface area contributed by atoms with Crippen molar-refractivity contribution in [2.75, 3.05) is 26.8 Å². The summed E-state index contributed by atoms with van der Waals surface area (Å²) < 4.78 is 16.0. The summed E-state index contributed by atoms with van der Waals surface area (Å²) in [5.41, 5.74) is 1.20. The zero-order valence-corrected chi connectivity index (χ0v) is 17.6. The molecule has 1 aromatic rings. The first-order chi connectivity index (χ1) is 14.1. The number of ether oxygens (including phenoxy) is 3. The summed E-state index contributed by atoms with van der Waals surface area (Å²) in [7, 11) is 1.65. The summed E-state index contributed by atoms with van der Waals surface area (Å²) in [5, 5.41) is 0. The first kappa shape index (κ1) is 21.6. The third-order valence-corrected chi connectivity index (χ3v) is 6.02. The Morgan fingerprint density at radius 3 is 2.55 bits per heavy atom. The Morgan fingerprint density at radius 1 is 1.24 bits per heavy atom. The number of cyclic esters (lactones) is 1. The number of rotatable bonds is 9. The number of carbonyl (C=O) groups is 2. The molecule has 0 aliphatic carbocycles. The Kier molecular flexibility index (Phi) is 7.92. The van der Waals surface area contributed by atoms with Crippen LogP contribution in [0.2, 0.25) is 0 Å². The molecule has 2 heterocycles. The summed E-state index contributed by atoms with van der Waals surface area (Å²) in [6, 6.07) is 7.97. The Balaban J connectivity index is 1.57. The van der Waals surface area contributed by atoms with Crippen molar-refractivity contribution in [1.29, 1.82) is 0 Å². The van der Waals surface area contributed by atoms with Crippen molar-refractivity contribution < 1.29 is 23.8 Å². The highest BCUT2D eigenvalue weighted by atomic mass is 16.7. The van der Waals surface area contributed by atoms with E-state index in [2.05, 4.69) is 6.92 Å². The molecule has 0 spiro atoms. The second-order valence-electron chi connectivity index (χ2n) is 8.07. The van der Waals surface area contributed by atoms with Gasteiger partial charge in [0.25, 0.3) is 0 Å². The SMILES string of the molecule is CCCC1CCN(C(=O)[C@H](CCCc2ccc(OC)cc2)[C@@H]2OCC(=O)O2)CC1. The van der Waals surface area contributed by atoms with Crippen molar-refractivity contribution in [2.24, 2.45) is 11.8 Å². The molecule has 160 valence electrons. The van der Waals surface area contributed by atoms with Gasteiger partial charge in [-0.2, -0.15) is 0 Å². The average Bonchev–Trinajstić information content (AvgIpc) is 3.18. The van der Waals surface area contributed by atoms with Crippen LogP contribution in [0.3, 0.4) is 0 Å². The van der Waals surface area contributed by atoms with Gasteiger partial charge < -0.3 is 19.1 Å². The third kappa shape index (κ3) is 5.95. The van der Waals surface area contributed by atoms with Gasteiger partial charge in [-0.1, -0.05) is 31.9 Å². The standard InChI is InChI=1S/C23H33NO5/c1-3-5-17-12-14-24(15-13-17)22(26)20(23-28-16-21(25)29-23)7-4-6-18-8-10-19(27-2)11-9-18/h8-11,17,20,23H,3-7,12-16H2,1-2H3/t20-,23+/m0/s1. The minimum atomic E-state index is -0.751. The number of amides is 1. The van der Waals surface area contributed by atoms with Crippen molar-refractivity contribution in [3.05, 3.63) is 29.8 Å². The zero-order valence-electron chi connectivity index (χ0n) is 17.6. The number of hydrogen-bond donors (Lipinski definition) is 0. The fourth-order valence-electron chi connectivity index (χ4n) is 4.33. The Labute approximate surface area is 173 Å². The molecule has 0 bridgehead atoms. The van der Waals surface area contributed by atoms with Gasteiger partial charge in [-0.15, -0.1) is 0 Å². The molecule has 2 fully saturated rings. The number of carbonyl (C=O) groups excluding carboxylic acids is 2. The van der Waals surface area contributed by atoms with E-state index in [1.54, 1.807) is 7.11 Å². The largest absolute Gasteiger partial charge is 0.497 e. The van der Waals surface area contributed by atoms with Crippen LogP contribution in [0.4, 0.5) is 0 Å². The van der Waals surface area contributed by atoms with Crippen molar-refractivity contribution in [3.63, 3.8) is 0 Å². The van der Waals surface area contributed by atoms with Gasteiger partial charge in [0.15, 0.2) is 0 Å². The molecule has 1 amide bonds. The molecular weight excluding hydrogens is 370 g/mol. The summed E-state index contributed by atoms with van der Waals surface area (Å²) in [6.45, 7) is 3.73. The number of hydrogen-bond acceptors (Lipinski definition) is 5. The van der Waals surface area contributed by atoms with Crippen molar-refractivity contribution >= 4 is 11.9 Å². The van der Waals surface area contributed by atoms with Crippen LogP contribution in [0, 0.1) is 11.8 Å². The molecule has 2 saturated heterocycles. The van der Waals surface area contributed by atoms with Crippen LogP contribution in [0.15, 0.2) is 24.3 Å². The van der Waals surface area contributed by atoms with Crippen molar-refractivity contribution in [3.8, 4) is 5.75 Å². The maximum absolute atomic E-state index is 13.2. The molecule has 0 N–H and O–H groups in total. The highest BCUT2D eigenvalue weighted by Gasteiger charge is 2.39. The smallest absolute Gasteiger partial charge is 0.334 e. The molecule has 6 nitrogen and oxygen atoms in total. The lowest BCUT2D eigenvalue weighted by atomic mass is 9.91. The number of esters is 1. The van der Waals surface area contributed by atoms with Crippen LogP contribution in [0.5, 0.6) is 5.75 Å². The Bertz CT molecular complexity index is 666. The quantitative estimate of drug-likeness (QED) is 0.590. The van der Waals surface area contributed by atoms with Gasteiger partial charge in [-0.25, -0.2) is 4.79 Å². The fraction of sp³-hybridized carbons (Fsp3) is 0.652. The van der Waals surface area contributed by atoms with E-state index in [0.29, 0.717) is 6.42 Å². The Hall–Kier alpha value is -2.08. The van der Waals surface area contributed by atoms with E-state index in [0.717, 1.165) is 50.4 Å². The maximum Gasteiger partial charge on any atom is 0.334 e. The zero-order chi connectivity index (χ0) is 20.6. The lowest BCUT2D eigenvalue weighted by molar-refractivity contribution is -0.160. The van der Waals surface area contributed by atoms with Gasteiger partial charge in [-0.3, -0.25) is 4.79 Å². The molecule has 2 aliphatic heterocycles. The topological polar surface area (TPSA) is 65.1 Å². The van der Waals surface area contributed by atoms with Crippen LogP contribution >= 0.6 is 0 Å². The summed E-state index contributed by atoms with van der Waals surface area (Å²) in [5.74, 6) is 0.805. The fourth-order valence-corrected chi connectivity index (χ4v) is 4.33. The van der Waals surface area contributed by atoms with E-state index < -0.39 is 12.2 Å². The lowest BCUT2D eigenvalue weighted by Gasteiger charge is -2.35. The first-order valence-corrected chi connectivity index (χ1v) is 10.8. The number of benzene rings is 1. The second-order valence-corrected chi connectivity index (χ2v) is 8.07. The van der Waals surface area contributed by atoms with Gasteiger partial charge in [0.2, 0.25) is 12.2 Å². The van der Waals surface area contributed by atoms with Crippen LogP contribution in [-0.4, -0.2) is 49.9 Å². The molecule has 6 heteroatoms. The van der Waals surface area contributed by atoms with E-state index in [4.69, 9.17) is 14.2 Å². The molecule has 2 aliphatic rings. The minimum Gasteiger partial charge on any atom is -0.497 e. The average molecular weight is 404 g/mol. The monoisotopic (exact) mass is 403 g/mol. The molecule has 0 saturated carbocycles. The molecule has 1 aromatic carbocycles. The molecule has 29 heavy (non-hydrogen) atoms. The number of piperidine rings is 1. The van der Waals surface area contributed by atoms with E-state index in [9.17, 15) is 9.59 Å². The summed E-state index contributed by atoms with van der Waals surface area (Å²) in [6.07, 6.45) is 6.11. The van der Waals surface area contributed by atoms with Gasteiger partial charge in [0.05, 0.1) is 7.11 Å². The summed E-state index contributed by atoms with van der Waals surface area (Å²) in [4.78, 5) is 26.7. The number of nitrogens with zero attached hydrogens (tertiary/aromatic N) is 1. The van der Waals surface area contributed by atoms with Crippen molar-refractivity contribution in [1.82, 2.24) is 4.90 Å². The van der Waals surface area contributed by atoms with E-state index >= 15 is 0 Å². The third-order valence-electron chi connectivity index (χ3n) is 6.02. The van der Waals surface area contributed by atoms with Crippen LogP contribution in [-0.2, 0) is 25.5 Å². The van der Waals surface area contributed by atoms with Crippen LogP contribution in [0.25, 0.3) is 0 Å². The highest BCUT2D eigenvalue weighted by Crippen LogP contribution is 2.28. The number of aryl methyl sites for hydroxylation is 1. The van der Waals surface area contributed by atoms with Gasteiger partial charge in [0.1, 0.15) is 18.3 Å². The molecule has 3 rings (SSSR count). The van der Waals surface area contributed by atoms with Crippen LogP contribution in [0.1, 0.15) is 51.0 Å². The van der Waals surface area contributed by atoms with Crippen molar-refractivity contribution in [2.45, 2.75) is 58.2 Å². The van der Waals surface area contributed by atoms with Gasteiger partial charge >= 0.3 is 5.97 Å². The van der Waals surface area contributed by atoms with Crippen LogP contribution < -0.4 is 4.74 Å². The molecule has 0 unspecified atom stereocenters. The van der Waals surface area contributed by atoms with Gasteiger partial charge in [-0.05, 0) is 55.7 Å². The second kappa shape index (κ2) is 10.6. The number of likely N-dealkylation sites (tertiary alicyclic amines) is 1. The van der Waals surface area contributed by atoms with E-state index in [1.807, 2.05) is 29.2 Å².